The number of aliphatic hydroxyl groups excluding tert-OH is 1. The highest BCUT2D eigenvalue weighted by atomic mass is 35.5. The minimum atomic E-state index is -0.510. The van der Waals surface area contributed by atoms with Gasteiger partial charge in [0.25, 0.3) is 5.69 Å². The van der Waals surface area contributed by atoms with Crippen LogP contribution in [0, 0.1) is 10.1 Å². The van der Waals surface area contributed by atoms with Crippen molar-refractivity contribution >= 4 is 23.0 Å². The predicted octanol–water partition coefficient (Wildman–Crippen LogP) is 2.04. The van der Waals surface area contributed by atoms with Crippen LogP contribution in [0.3, 0.4) is 0 Å². The quantitative estimate of drug-likeness (QED) is 0.613. The molecule has 1 aromatic rings. The van der Waals surface area contributed by atoms with Gasteiger partial charge in [-0.15, -0.1) is 0 Å². The summed E-state index contributed by atoms with van der Waals surface area (Å²) in [7, 11) is 0. The molecular weight excluding hydrogens is 220 g/mol. The van der Waals surface area contributed by atoms with Gasteiger partial charge in [-0.2, -0.15) is 0 Å². The second kappa shape index (κ2) is 4.95. The molecule has 0 radical (unpaired) electrons. The standard InChI is InChI=1S/C9H11ClN2O3/c1-6(13)5-11-9-3-2-7(12(14)15)4-8(9)10/h2-4,6,11,13H,5H2,1H3/t6-/m1/s1. The van der Waals surface area contributed by atoms with E-state index in [9.17, 15) is 10.1 Å². The zero-order chi connectivity index (χ0) is 11.4. The van der Waals surface area contributed by atoms with E-state index in [1.54, 1.807) is 6.92 Å². The topological polar surface area (TPSA) is 75.4 Å². The Morgan fingerprint density at radius 2 is 2.33 bits per heavy atom. The van der Waals surface area contributed by atoms with Crippen LogP contribution in [-0.4, -0.2) is 22.7 Å². The summed E-state index contributed by atoms with van der Waals surface area (Å²) in [5, 5.41) is 22.6. The van der Waals surface area contributed by atoms with Crippen LogP contribution in [0.15, 0.2) is 18.2 Å². The number of nitrogens with one attached hydrogen (secondary N) is 1. The zero-order valence-corrected chi connectivity index (χ0v) is 8.86. The molecule has 0 heterocycles. The highest BCUT2D eigenvalue weighted by Crippen LogP contribution is 2.26. The molecule has 0 unspecified atom stereocenters. The molecule has 5 nitrogen and oxygen atoms in total. The van der Waals surface area contributed by atoms with Crippen molar-refractivity contribution in [2.45, 2.75) is 13.0 Å². The Hall–Kier alpha value is -1.33. The number of halogens is 1. The summed E-state index contributed by atoms with van der Waals surface area (Å²) >= 11 is 5.81. The van der Waals surface area contributed by atoms with Crippen molar-refractivity contribution in [1.82, 2.24) is 0 Å². The smallest absolute Gasteiger partial charge is 0.271 e. The maximum atomic E-state index is 10.4. The normalized spacial score (nSPS) is 12.2. The van der Waals surface area contributed by atoms with E-state index in [-0.39, 0.29) is 10.7 Å². The lowest BCUT2D eigenvalue weighted by Crippen LogP contribution is -2.15. The van der Waals surface area contributed by atoms with Crippen LogP contribution in [0.25, 0.3) is 0 Å². The van der Waals surface area contributed by atoms with E-state index >= 15 is 0 Å². The first kappa shape index (κ1) is 11.7. The van der Waals surface area contributed by atoms with Gasteiger partial charge in [0.1, 0.15) is 0 Å². The van der Waals surface area contributed by atoms with Gasteiger partial charge in [0.2, 0.25) is 0 Å². The lowest BCUT2D eigenvalue weighted by atomic mass is 10.2. The molecule has 0 saturated carbocycles. The Morgan fingerprint density at radius 1 is 1.67 bits per heavy atom. The highest BCUT2D eigenvalue weighted by Gasteiger charge is 2.09. The molecule has 0 fully saturated rings. The minimum absolute atomic E-state index is 0.0532. The van der Waals surface area contributed by atoms with Crippen LogP contribution in [0.5, 0.6) is 0 Å². The number of hydrogen-bond donors (Lipinski definition) is 2. The van der Waals surface area contributed by atoms with E-state index in [1.165, 1.54) is 18.2 Å². The van der Waals surface area contributed by atoms with Crippen molar-refractivity contribution in [3.8, 4) is 0 Å². The molecule has 82 valence electrons. The third-order valence-corrected chi connectivity index (χ3v) is 2.06. The summed E-state index contributed by atoms with van der Waals surface area (Å²) in [5.41, 5.74) is 0.519. The molecule has 0 amide bonds. The zero-order valence-electron chi connectivity index (χ0n) is 8.11. The molecular formula is C9H11ClN2O3. The third-order valence-electron chi connectivity index (χ3n) is 1.75. The molecule has 0 spiro atoms. The molecule has 6 heteroatoms. The molecule has 1 rings (SSSR count). The molecule has 0 aliphatic carbocycles. The van der Waals surface area contributed by atoms with Gasteiger partial charge in [0.15, 0.2) is 0 Å². The molecule has 0 saturated heterocycles. The number of aliphatic hydroxyl groups is 1. The van der Waals surface area contributed by atoms with Gasteiger partial charge in [-0.3, -0.25) is 10.1 Å². The van der Waals surface area contributed by atoms with Gasteiger partial charge < -0.3 is 10.4 Å². The van der Waals surface area contributed by atoms with Gasteiger partial charge in [0, 0.05) is 18.7 Å². The second-order valence-electron chi connectivity index (χ2n) is 3.15. The van der Waals surface area contributed by atoms with Crippen molar-refractivity contribution in [3.63, 3.8) is 0 Å². The average molecular weight is 231 g/mol. The first-order valence-electron chi connectivity index (χ1n) is 4.36. The van der Waals surface area contributed by atoms with E-state index in [1.807, 2.05) is 0 Å². The molecule has 0 aromatic heterocycles. The molecule has 0 aliphatic heterocycles. The van der Waals surface area contributed by atoms with Crippen LogP contribution in [0.1, 0.15) is 6.92 Å². The predicted molar refractivity (Wildman–Crippen MR) is 58.3 cm³/mol. The van der Waals surface area contributed by atoms with E-state index in [0.29, 0.717) is 12.2 Å². The number of rotatable bonds is 4. The van der Waals surface area contributed by atoms with Crippen LogP contribution >= 0.6 is 11.6 Å². The third kappa shape index (κ3) is 3.38. The summed E-state index contributed by atoms with van der Waals surface area (Å²) in [6.07, 6.45) is -0.503. The molecule has 1 aromatic carbocycles. The Kier molecular flexibility index (Phi) is 3.88. The minimum Gasteiger partial charge on any atom is -0.392 e. The number of hydrogen-bond acceptors (Lipinski definition) is 4. The summed E-state index contributed by atoms with van der Waals surface area (Å²) < 4.78 is 0. The summed E-state index contributed by atoms with van der Waals surface area (Å²) in [6, 6.07) is 4.14. The SMILES string of the molecule is C[C@@H](O)CNc1ccc([N+](=O)[O-])cc1Cl. The molecule has 0 aliphatic rings. The Labute approximate surface area is 91.8 Å². The summed E-state index contributed by atoms with van der Waals surface area (Å²) in [6.45, 7) is 1.98. The van der Waals surface area contributed by atoms with Gasteiger partial charge in [0.05, 0.1) is 21.7 Å². The van der Waals surface area contributed by atoms with Gasteiger partial charge in [-0.1, -0.05) is 11.6 Å². The first-order valence-corrected chi connectivity index (χ1v) is 4.74. The van der Waals surface area contributed by atoms with Crippen molar-refractivity contribution < 1.29 is 10.0 Å². The maximum Gasteiger partial charge on any atom is 0.271 e. The van der Waals surface area contributed by atoms with E-state index in [2.05, 4.69) is 5.32 Å². The number of benzene rings is 1. The maximum absolute atomic E-state index is 10.4. The van der Waals surface area contributed by atoms with Crippen LogP contribution in [0.2, 0.25) is 5.02 Å². The summed E-state index contributed by atoms with van der Waals surface area (Å²) in [4.78, 5) is 9.91. The van der Waals surface area contributed by atoms with Gasteiger partial charge in [-0.05, 0) is 13.0 Å². The highest BCUT2D eigenvalue weighted by molar-refractivity contribution is 6.33. The van der Waals surface area contributed by atoms with Gasteiger partial charge in [-0.25, -0.2) is 0 Å². The number of nitro groups is 1. The largest absolute Gasteiger partial charge is 0.392 e. The number of nitro benzene ring substituents is 1. The Bertz CT molecular complexity index is 368. The molecule has 2 N–H and O–H groups in total. The van der Waals surface area contributed by atoms with Crippen molar-refractivity contribution in [1.29, 1.82) is 0 Å². The average Bonchev–Trinajstić information content (AvgIpc) is 2.15. The number of non-ortho nitro benzene ring substituents is 1. The lowest BCUT2D eigenvalue weighted by molar-refractivity contribution is -0.384. The van der Waals surface area contributed by atoms with Crippen molar-refractivity contribution in [2.75, 3.05) is 11.9 Å². The molecule has 0 bridgehead atoms. The molecule has 1 atom stereocenters. The fourth-order valence-electron chi connectivity index (χ4n) is 1.02. The van der Waals surface area contributed by atoms with Crippen molar-refractivity contribution in [3.05, 3.63) is 33.3 Å². The van der Waals surface area contributed by atoms with E-state index in [4.69, 9.17) is 16.7 Å². The van der Waals surface area contributed by atoms with E-state index in [0.717, 1.165) is 0 Å². The molecule has 15 heavy (non-hydrogen) atoms. The van der Waals surface area contributed by atoms with E-state index < -0.39 is 11.0 Å². The second-order valence-corrected chi connectivity index (χ2v) is 3.56. The van der Waals surface area contributed by atoms with Crippen LogP contribution < -0.4 is 5.32 Å². The monoisotopic (exact) mass is 230 g/mol. The Balaban J connectivity index is 2.79. The summed E-state index contributed by atoms with van der Waals surface area (Å²) in [5.74, 6) is 0. The number of anilines is 1. The fraction of sp³-hybridized carbons (Fsp3) is 0.333. The first-order chi connectivity index (χ1) is 7.00. The fourth-order valence-corrected chi connectivity index (χ4v) is 1.26. The number of nitrogens with zero attached hydrogens (tertiary/aromatic N) is 1. The Morgan fingerprint density at radius 3 is 2.80 bits per heavy atom. The van der Waals surface area contributed by atoms with Crippen molar-refractivity contribution in [2.24, 2.45) is 0 Å². The van der Waals surface area contributed by atoms with Crippen LogP contribution in [-0.2, 0) is 0 Å². The lowest BCUT2D eigenvalue weighted by Gasteiger charge is -2.09. The van der Waals surface area contributed by atoms with Gasteiger partial charge >= 0.3 is 0 Å². The van der Waals surface area contributed by atoms with Crippen LogP contribution in [0.4, 0.5) is 11.4 Å².